The summed E-state index contributed by atoms with van der Waals surface area (Å²) in [5.74, 6) is -0.179. The molecule has 2 aromatic carbocycles. The van der Waals surface area contributed by atoms with Crippen molar-refractivity contribution in [1.82, 2.24) is 5.32 Å². The Kier molecular flexibility index (Phi) is 4.91. The maximum absolute atomic E-state index is 13.2. The lowest BCUT2D eigenvalue weighted by molar-refractivity contribution is 0.537. The quantitative estimate of drug-likeness (QED) is 0.818. The van der Waals surface area contributed by atoms with E-state index in [1.807, 2.05) is 13.0 Å². The lowest BCUT2D eigenvalue weighted by Gasteiger charge is -2.17. The van der Waals surface area contributed by atoms with E-state index >= 15 is 0 Å². The van der Waals surface area contributed by atoms with Crippen molar-refractivity contribution in [1.29, 1.82) is 0 Å². The van der Waals surface area contributed by atoms with Gasteiger partial charge in [-0.2, -0.15) is 0 Å². The first-order valence-corrected chi connectivity index (χ1v) is 7.25. The molecule has 0 saturated heterocycles. The Morgan fingerprint density at radius 3 is 2.55 bits per heavy atom. The second kappa shape index (κ2) is 6.67. The third kappa shape index (κ3) is 3.26. The molecule has 1 unspecified atom stereocenters. The van der Waals surface area contributed by atoms with E-state index in [2.05, 4.69) is 43.4 Å². The van der Waals surface area contributed by atoms with Crippen LogP contribution in [0.5, 0.6) is 0 Å². The van der Waals surface area contributed by atoms with Gasteiger partial charge in [0.05, 0.1) is 0 Å². The van der Waals surface area contributed by atoms with Crippen molar-refractivity contribution in [2.75, 3.05) is 6.54 Å². The largest absolute Gasteiger partial charge is 0.310 e. The van der Waals surface area contributed by atoms with Gasteiger partial charge in [-0.05, 0) is 60.3 Å². The van der Waals surface area contributed by atoms with Crippen LogP contribution in [-0.4, -0.2) is 6.54 Å². The zero-order valence-electron chi connectivity index (χ0n) is 12.4. The summed E-state index contributed by atoms with van der Waals surface area (Å²) in [5.41, 5.74) is 4.50. The lowest BCUT2D eigenvalue weighted by atomic mass is 9.96. The van der Waals surface area contributed by atoms with Crippen LogP contribution in [0.4, 0.5) is 4.39 Å². The molecule has 0 aromatic heterocycles. The van der Waals surface area contributed by atoms with Gasteiger partial charge in [-0.25, -0.2) is 4.39 Å². The van der Waals surface area contributed by atoms with Crippen LogP contribution in [-0.2, 0) is 0 Å². The smallest absolute Gasteiger partial charge is 0.123 e. The third-order valence-electron chi connectivity index (χ3n) is 3.65. The Bertz CT molecular complexity index is 577. The highest BCUT2D eigenvalue weighted by molar-refractivity contribution is 5.67. The van der Waals surface area contributed by atoms with E-state index in [1.54, 1.807) is 6.07 Å². The minimum atomic E-state index is -0.179. The van der Waals surface area contributed by atoms with Gasteiger partial charge in [0.2, 0.25) is 0 Å². The van der Waals surface area contributed by atoms with Crippen LogP contribution in [0.25, 0.3) is 11.1 Å². The van der Waals surface area contributed by atoms with Crippen molar-refractivity contribution in [3.8, 4) is 11.1 Å². The Hall–Kier alpha value is -1.67. The molecular formula is C18H22FN. The number of halogens is 1. The minimum Gasteiger partial charge on any atom is -0.310 e. The predicted molar refractivity (Wildman–Crippen MR) is 83.3 cm³/mol. The molecule has 2 aromatic rings. The maximum atomic E-state index is 13.2. The second-order valence-corrected chi connectivity index (χ2v) is 5.10. The van der Waals surface area contributed by atoms with Crippen molar-refractivity contribution >= 4 is 0 Å². The molecule has 0 fully saturated rings. The molecule has 106 valence electrons. The Labute approximate surface area is 120 Å². The molecule has 0 bridgehead atoms. The molecule has 0 aliphatic heterocycles. The molecule has 0 radical (unpaired) electrons. The van der Waals surface area contributed by atoms with Crippen LogP contribution in [0.15, 0.2) is 42.5 Å². The molecule has 0 heterocycles. The van der Waals surface area contributed by atoms with Crippen LogP contribution >= 0.6 is 0 Å². The fourth-order valence-electron chi connectivity index (χ4n) is 2.62. The second-order valence-electron chi connectivity index (χ2n) is 5.10. The van der Waals surface area contributed by atoms with Crippen molar-refractivity contribution in [2.45, 2.75) is 33.2 Å². The average molecular weight is 271 g/mol. The molecule has 0 amide bonds. The van der Waals surface area contributed by atoms with Crippen LogP contribution < -0.4 is 5.32 Å². The maximum Gasteiger partial charge on any atom is 0.123 e. The summed E-state index contributed by atoms with van der Waals surface area (Å²) in [4.78, 5) is 0. The summed E-state index contributed by atoms with van der Waals surface area (Å²) < 4.78 is 13.2. The minimum absolute atomic E-state index is 0.179. The summed E-state index contributed by atoms with van der Waals surface area (Å²) in [6.45, 7) is 7.21. The zero-order valence-corrected chi connectivity index (χ0v) is 12.4. The molecule has 2 rings (SSSR count). The standard InChI is InChI=1S/C18H22FN/c1-4-18(20-5-2)15-8-6-7-14(12-15)17-10-9-16(19)11-13(17)3/h6-12,18,20H,4-5H2,1-3H3. The molecule has 0 spiro atoms. The van der Waals surface area contributed by atoms with Gasteiger partial charge < -0.3 is 5.32 Å². The van der Waals surface area contributed by atoms with Crippen LogP contribution in [0.1, 0.15) is 37.4 Å². The molecule has 1 nitrogen and oxygen atoms in total. The van der Waals surface area contributed by atoms with E-state index in [0.29, 0.717) is 6.04 Å². The van der Waals surface area contributed by atoms with Crippen LogP contribution in [0, 0.1) is 12.7 Å². The number of benzene rings is 2. The highest BCUT2D eigenvalue weighted by Gasteiger charge is 2.09. The van der Waals surface area contributed by atoms with Gasteiger partial charge >= 0.3 is 0 Å². The number of hydrogen-bond donors (Lipinski definition) is 1. The van der Waals surface area contributed by atoms with E-state index in [4.69, 9.17) is 0 Å². The lowest BCUT2D eigenvalue weighted by Crippen LogP contribution is -2.19. The summed E-state index contributed by atoms with van der Waals surface area (Å²) in [6, 6.07) is 13.9. The van der Waals surface area contributed by atoms with Crippen LogP contribution in [0.2, 0.25) is 0 Å². The van der Waals surface area contributed by atoms with Gasteiger partial charge in [0, 0.05) is 6.04 Å². The number of rotatable bonds is 5. The fourth-order valence-corrected chi connectivity index (χ4v) is 2.62. The monoisotopic (exact) mass is 271 g/mol. The molecular weight excluding hydrogens is 249 g/mol. The van der Waals surface area contributed by atoms with Crippen molar-refractivity contribution < 1.29 is 4.39 Å². The molecule has 0 aliphatic carbocycles. The summed E-state index contributed by atoms with van der Waals surface area (Å²) in [6.07, 6.45) is 1.06. The Balaban J connectivity index is 2.38. The van der Waals surface area contributed by atoms with E-state index in [1.165, 1.54) is 11.6 Å². The highest BCUT2D eigenvalue weighted by atomic mass is 19.1. The van der Waals surface area contributed by atoms with E-state index < -0.39 is 0 Å². The van der Waals surface area contributed by atoms with E-state index in [9.17, 15) is 4.39 Å². The third-order valence-corrected chi connectivity index (χ3v) is 3.65. The van der Waals surface area contributed by atoms with Crippen molar-refractivity contribution in [3.63, 3.8) is 0 Å². The van der Waals surface area contributed by atoms with Gasteiger partial charge in [-0.15, -0.1) is 0 Å². The zero-order chi connectivity index (χ0) is 14.5. The molecule has 0 aliphatic rings. The Morgan fingerprint density at radius 2 is 1.90 bits per heavy atom. The van der Waals surface area contributed by atoms with Gasteiger partial charge in [0.25, 0.3) is 0 Å². The average Bonchev–Trinajstić information content (AvgIpc) is 2.45. The summed E-state index contributed by atoms with van der Waals surface area (Å²) in [7, 11) is 0. The van der Waals surface area contributed by atoms with Gasteiger partial charge in [0.1, 0.15) is 5.82 Å². The first-order chi connectivity index (χ1) is 9.65. The molecule has 1 N–H and O–H groups in total. The molecule has 0 saturated carbocycles. The normalized spacial score (nSPS) is 12.4. The molecule has 2 heteroatoms. The number of nitrogens with one attached hydrogen (secondary N) is 1. The van der Waals surface area contributed by atoms with Gasteiger partial charge in [-0.3, -0.25) is 0 Å². The van der Waals surface area contributed by atoms with Crippen molar-refractivity contribution in [3.05, 3.63) is 59.4 Å². The van der Waals surface area contributed by atoms with Crippen LogP contribution in [0.3, 0.4) is 0 Å². The number of aryl methyl sites for hydroxylation is 1. The summed E-state index contributed by atoms with van der Waals surface area (Å²) in [5, 5.41) is 3.49. The predicted octanol–water partition coefficient (Wildman–Crippen LogP) is 4.86. The van der Waals surface area contributed by atoms with E-state index in [-0.39, 0.29) is 5.82 Å². The van der Waals surface area contributed by atoms with Gasteiger partial charge in [-0.1, -0.05) is 38.1 Å². The van der Waals surface area contributed by atoms with Gasteiger partial charge in [0.15, 0.2) is 0 Å². The fraction of sp³-hybridized carbons (Fsp3) is 0.333. The SMILES string of the molecule is CCNC(CC)c1cccc(-c2ccc(F)cc2C)c1. The summed E-state index contributed by atoms with van der Waals surface area (Å²) >= 11 is 0. The highest BCUT2D eigenvalue weighted by Crippen LogP contribution is 2.27. The molecule has 20 heavy (non-hydrogen) atoms. The first kappa shape index (κ1) is 14.7. The van der Waals surface area contributed by atoms with Crippen molar-refractivity contribution in [2.24, 2.45) is 0 Å². The number of hydrogen-bond acceptors (Lipinski definition) is 1. The topological polar surface area (TPSA) is 12.0 Å². The van der Waals surface area contributed by atoms with E-state index in [0.717, 1.165) is 29.7 Å². The Morgan fingerprint density at radius 1 is 1.10 bits per heavy atom. The first-order valence-electron chi connectivity index (χ1n) is 7.25. The molecule has 1 atom stereocenters.